The molecule has 0 aliphatic carbocycles. The molecule has 3 heteroatoms. The maximum Gasteiger partial charge on any atom is 0.313 e. The quantitative estimate of drug-likeness (QED) is 0.0271. The number of hydrogen-bond acceptors (Lipinski definition) is 3. The Morgan fingerprint density at radius 1 is 0.302 bits per heavy atom. The number of ether oxygens (including phenoxy) is 1. The molecule has 0 aromatic heterocycles. The largest absolute Gasteiger partial charge is 0.393 e. The summed E-state index contributed by atoms with van der Waals surface area (Å²) in [6, 6.07) is 0. The molecule has 3 nitrogen and oxygen atoms in total. The van der Waals surface area contributed by atoms with Crippen LogP contribution in [0.2, 0.25) is 0 Å². The minimum Gasteiger partial charge on any atom is -0.393 e. The molecule has 0 bridgehead atoms. The van der Waals surface area contributed by atoms with Crippen molar-refractivity contribution in [2.24, 2.45) is 0 Å². The van der Waals surface area contributed by atoms with Gasteiger partial charge in [0.1, 0.15) is 0 Å². The van der Waals surface area contributed by atoms with Gasteiger partial charge in [-0.15, -0.1) is 0 Å². The van der Waals surface area contributed by atoms with Crippen LogP contribution in [0.4, 0.5) is 0 Å². The second-order valence-corrected chi connectivity index (χ2v) is 15.8. The third kappa shape index (κ3) is 46.2. The first-order valence-corrected chi connectivity index (χ1v) is 23.5. The molecule has 0 radical (unpaired) electrons. The summed E-state index contributed by atoms with van der Waals surface area (Å²) in [5.41, 5.74) is 0. The minimum atomic E-state index is -0.363. The summed E-state index contributed by atoms with van der Waals surface area (Å²) in [5.74, 6) is -0.709. The number of esters is 2. The molecule has 0 saturated heterocycles. The van der Waals surface area contributed by atoms with Crippen molar-refractivity contribution in [2.75, 3.05) is 0 Å². The van der Waals surface area contributed by atoms with Crippen molar-refractivity contribution in [3.8, 4) is 0 Å². The van der Waals surface area contributed by atoms with E-state index in [1.807, 2.05) is 0 Å². The van der Waals surface area contributed by atoms with E-state index in [2.05, 4.69) is 62.5 Å². The van der Waals surface area contributed by atoms with Gasteiger partial charge in [-0.25, -0.2) is 0 Å². The zero-order valence-corrected chi connectivity index (χ0v) is 35.7. The zero-order valence-electron chi connectivity index (χ0n) is 35.7. The number of rotatable bonds is 42. The molecule has 0 rings (SSSR count). The lowest BCUT2D eigenvalue weighted by molar-refractivity contribution is -0.159. The second-order valence-electron chi connectivity index (χ2n) is 15.8. The lowest BCUT2D eigenvalue weighted by Gasteiger charge is -2.04. The average Bonchev–Trinajstić information content (AvgIpc) is 3.15. The van der Waals surface area contributed by atoms with Crippen LogP contribution < -0.4 is 0 Å². The number of allylic oxidation sites excluding steroid dienone is 8. The highest BCUT2D eigenvalue weighted by Gasteiger charge is 2.09. The SMILES string of the molecule is CCCCCC=CCC=CCC=CCCCCC(=O)OC(=O)CCCCCCCCCCCCCCCCCCCCCC=CCCCCCCCC. The molecule has 0 amide bonds. The molecule has 0 saturated carbocycles. The molecule has 0 spiro atoms. The number of hydrogen-bond donors (Lipinski definition) is 0. The van der Waals surface area contributed by atoms with Gasteiger partial charge in [0.2, 0.25) is 0 Å². The van der Waals surface area contributed by atoms with E-state index >= 15 is 0 Å². The first-order chi connectivity index (χ1) is 26.2. The monoisotopic (exact) mass is 739 g/mol. The van der Waals surface area contributed by atoms with Crippen LogP contribution in [0.5, 0.6) is 0 Å². The Balaban J connectivity index is 3.32. The lowest BCUT2D eigenvalue weighted by Crippen LogP contribution is -2.11. The maximum atomic E-state index is 12.0. The van der Waals surface area contributed by atoms with Gasteiger partial charge in [-0.3, -0.25) is 9.59 Å². The van der Waals surface area contributed by atoms with Crippen LogP contribution >= 0.6 is 0 Å². The molecule has 0 unspecified atom stereocenters. The standard InChI is InChI=1S/C50H90O3/c1-3-5-7-9-11-13-15-17-19-20-21-22-23-24-25-26-27-28-29-30-31-32-34-36-38-40-42-44-46-48-50(52)53-49(51)47-45-43-41-39-37-35-33-18-16-14-12-10-8-6-4-2/h12,14,17-19,33,37,39H,3-11,13,15-16,20-32,34-36,38,40-48H2,1-2H3. The van der Waals surface area contributed by atoms with E-state index in [9.17, 15) is 9.59 Å². The minimum absolute atomic E-state index is 0.336. The molecular formula is C50H90O3. The van der Waals surface area contributed by atoms with E-state index in [-0.39, 0.29) is 11.9 Å². The Labute approximate surface area is 331 Å². The molecule has 0 aromatic carbocycles. The molecule has 0 fully saturated rings. The van der Waals surface area contributed by atoms with Crippen LogP contribution in [0, 0.1) is 0 Å². The highest BCUT2D eigenvalue weighted by atomic mass is 16.6. The first-order valence-electron chi connectivity index (χ1n) is 23.5. The van der Waals surface area contributed by atoms with E-state index in [1.165, 1.54) is 186 Å². The highest BCUT2D eigenvalue weighted by molar-refractivity contribution is 5.85. The van der Waals surface area contributed by atoms with Crippen molar-refractivity contribution >= 4 is 11.9 Å². The van der Waals surface area contributed by atoms with Crippen molar-refractivity contribution < 1.29 is 14.3 Å². The van der Waals surface area contributed by atoms with Gasteiger partial charge >= 0.3 is 11.9 Å². The normalized spacial score (nSPS) is 12.0. The third-order valence-corrected chi connectivity index (χ3v) is 10.4. The van der Waals surface area contributed by atoms with Crippen LogP contribution in [0.15, 0.2) is 48.6 Å². The number of unbranched alkanes of at least 4 members (excludes halogenated alkanes) is 30. The van der Waals surface area contributed by atoms with Gasteiger partial charge in [-0.1, -0.05) is 217 Å². The summed E-state index contributed by atoms with van der Waals surface area (Å²) in [5, 5.41) is 0. The molecule has 0 N–H and O–H groups in total. The fraction of sp³-hybridized carbons (Fsp3) is 0.800. The van der Waals surface area contributed by atoms with Crippen molar-refractivity contribution in [1.82, 2.24) is 0 Å². The second kappa shape index (κ2) is 46.3. The fourth-order valence-electron chi connectivity index (χ4n) is 6.87. The highest BCUT2D eigenvalue weighted by Crippen LogP contribution is 2.16. The summed E-state index contributed by atoms with van der Waals surface area (Å²) in [7, 11) is 0. The van der Waals surface area contributed by atoms with E-state index in [0.29, 0.717) is 12.8 Å². The molecule has 0 aromatic rings. The van der Waals surface area contributed by atoms with Crippen LogP contribution in [-0.2, 0) is 14.3 Å². The van der Waals surface area contributed by atoms with E-state index < -0.39 is 0 Å². The number of carbonyl (C=O) groups is 2. The van der Waals surface area contributed by atoms with Crippen LogP contribution in [0.25, 0.3) is 0 Å². The fourth-order valence-corrected chi connectivity index (χ4v) is 6.87. The Morgan fingerprint density at radius 3 is 0.906 bits per heavy atom. The molecule has 0 atom stereocenters. The predicted molar refractivity (Wildman–Crippen MR) is 234 cm³/mol. The van der Waals surface area contributed by atoms with Crippen molar-refractivity contribution in [3.63, 3.8) is 0 Å². The van der Waals surface area contributed by atoms with E-state index in [0.717, 1.165) is 44.9 Å². The smallest absolute Gasteiger partial charge is 0.313 e. The van der Waals surface area contributed by atoms with Gasteiger partial charge in [0.15, 0.2) is 0 Å². The molecule has 308 valence electrons. The average molecular weight is 739 g/mol. The van der Waals surface area contributed by atoms with E-state index in [1.54, 1.807) is 0 Å². The summed E-state index contributed by atoms with van der Waals surface area (Å²) in [6.07, 6.45) is 65.0. The maximum absolute atomic E-state index is 12.0. The van der Waals surface area contributed by atoms with Gasteiger partial charge in [0, 0.05) is 12.8 Å². The topological polar surface area (TPSA) is 43.4 Å². The van der Waals surface area contributed by atoms with Crippen LogP contribution in [0.1, 0.15) is 258 Å². The Morgan fingerprint density at radius 2 is 0.528 bits per heavy atom. The number of carbonyl (C=O) groups excluding carboxylic acids is 2. The summed E-state index contributed by atoms with van der Waals surface area (Å²) in [6.45, 7) is 4.53. The van der Waals surface area contributed by atoms with E-state index in [4.69, 9.17) is 4.74 Å². The van der Waals surface area contributed by atoms with Crippen molar-refractivity contribution in [1.29, 1.82) is 0 Å². The third-order valence-electron chi connectivity index (χ3n) is 10.4. The van der Waals surface area contributed by atoms with Gasteiger partial charge < -0.3 is 4.74 Å². The van der Waals surface area contributed by atoms with Gasteiger partial charge in [-0.05, 0) is 77.0 Å². The molecule has 0 aliphatic rings. The summed E-state index contributed by atoms with van der Waals surface area (Å²) < 4.78 is 5.02. The van der Waals surface area contributed by atoms with Gasteiger partial charge in [0.25, 0.3) is 0 Å². The zero-order chi connectivity index (χ0) is 38.4. The first kappa shape index (κ1) is 51.1. The molecule has 0 aliphatic heterocycles. The Kier molecular flexibility index (Phi) is 44.6. The molecule has 0 heterocycles. The van der Waals surface area contributed by atoms with Crippen molar-refractivity contribution in [2.45, 2.75) is 258 Å². The van der Waals surface area contributed by atoms with Gasteiger partial charge in [0.05, 0.1) is 0 Å². The molecular weight excluding hydrogens is 649 g/mol. The van der Waals surface area contributed by atoms with Crippen LogP contribution in [-0.4, -0.2) is 11.9 Å². The summed E-state index contributed by atoms with van der Waals surface area (Å²) >= 11 is 0. The van der Waals surface area contributed by atoms with Crippen LogP contribution in [0.3, 0.4) is 0 Å². The Hall–Kier alpha value is -1.90. The van der Waals surface area contributed by atoms with Crippen molar-refractivity contribution in [3.05, 3.63) is 48.6 Å². The molecule has 53 heavy (non-hydrogen) atoms. The summed E-state index contributed by atoms with van der Waals surface area (Å²) in [4.78, 5) is 24.0. The van der Waals surface area contributed by atoms with Gasteiger partial charge in [-0.2, -0.15) is 0 Å². The Bertz CT molecular complexity index is 866. The lowest BCUT2D eigenvalue weighted by atomic mass is 10.0. The predicted octanol–water partition coefficient (Wildman–Crippen LogP) is 17.1.